The number of hydrogen-bond acceptors (Lipinski definition) is 4. The zero-order chi connectivity index (χ0) is 14.8. The minimum Gasteiger partial charge on any atom is -0.486 e. The molecule has 2 aromatic rings. The third kappa shape index (κ3) is 2.59. The van der Waals surface area contributed by atoms with Gasteiger partial charge in [0.25, 0.3) is 5.91 Å². The van der Waals surface area contributed by atoms with Crippen molar-refractivity contribution in [2.45, 2.75) is 13.0 Å². The second-order valence-electron chi connectivity index (χ2n) is 4.97. The van der Waals surface area contributed by atoms with Gasteiger partial charge < -0.3 is 18.8 Å². The van der Waals surface area contributed by atoms with Gasteiger partial charge in [-0.15, -0.1) is 0 Å². The predicted octanol–water partition coefficient (Wildman–Crippen LogP) is 2.88. The summed E-state index contributed by atoms with van der Waals surface area (Å²) in [4.78, 5) is 14.2. The van der Waals surface area contributed by atoms with E-state index in [1.807, 2.05) is 19.1 Å². The first-order chi connectivity index (χ1) is 10.2. The summed E-state index contributed by atoms with van der Waals surface area (Å²) in [5.74, 6) is 1.96. The molecular weight excluding hydrogens is 270 g/mol. The Hall–Kier alpha value is -2.43. The first-order valence-corrected chi connectivity index (χ1v) is 6.87. The van der Waals surface area contributed by atoms with Crippen LogP contribution < -0.4 is 9.47 Å². The highest BCUT2D eigenvalue weighted by molar-refractivity contribution is 5.95. The number of hydrogen-bond donors (Lipinski definition) is 0. The number of benzene rings is 1. The maximum Gasteiger partial charge on any atom is 0.254 e. The van der Waals surface area contributed by atoms with E-state index in [-0.39, 0.29) is 11.9 Å². The lowest BCUT2D eigenvalue weighted by Gasteiger charge is -2.24. The molecule has 1 amide bonds. The highest BCUT2D eigenvalue weighted by Gasteiger charge is 2.22. The summed E-state index contributed by atoms with van der Waals surface area (Å²) in [7, 11) is 1.76. The lowest BCUT2D eigenvalue weighted by Crippen LogP contribution is -2.29. The highest BCUT2D eigenvalue weighted by atomic mass is 16.6. The summed E-state index contributed by atoms with van der Waals surface area (Å²) in [6, 6.07) is 8.78. The molecule has 0 saturated heterocycles. The van der Waals surface area contributed by atoms with Crippen molar-refractivity contribution >= 4 is 5.91 Å². The van der Waals surface area contributed by atoms with Crippen molar-refractivity contribution in [3.8, 4) is 11.5 Å². The van der Waals surface area contributed by atoms with Crippen LogP contribution in [0.5, 0.6) is 11.5 Å². The van der Waals surface area contributed by atoms with E-state index in [4.69, 9.17) is 13.9 Å². The maximum absolute atomic E-state index is 12.6. The van der Waals surface area contributed by atoms with Crippen LogP contribution in [-0.4, -0.2) is 31.1 Å². The van der Waals surface area contributed by atoms with Gasteiger partial charge in [-0.25, -0.2) is 0 Å². The zero-order valence-corrected chi connectivity index (χ0v) is 12.0. The largest absolute Gasteiger partial charge is 0.486 e. The van der Waals surface area contributed by atoms with E-state index in [1.165, 1.54) is 0 Å². The smallest absolute Gasteiger partial charge is 0.254 e. The molecule has 0 N–H and O–H groups in total. The van der Waals surface area contributed by atoms with Crippen molar-refractivity contribution in [1.29, 1.82) is 0 Å². The van der Waals surface area contributed by atoms with Crippen molar-refractivity contribution in [2.75, 3.05) is 20.3 Å². The molecule has 5 nitrogen and oxygen atoms in total. The van der Waals surface area contributed by atoms with Crippen LogP contribution in [0.3, 0.4) is 0 Å². The lowest BCUT2D eigenvalue weighted by molar-refractivity contribution is 0.0725. The third-order valence-electron chi connectivity index (χ3n) is 3.65. The summed E-state index contributed by atoms with van der Waals surface area (Å²) in [5, 5.41) is 0. The van der Waals surface area contributed by atoms with E-state index < -0.39 is 0 Å². The van der Waals surface area contributed by atoms with Crippen LogP contribution in [0.1, 0.15) is 29.1 Å². The Kier molecular flexibility index (Phi) is 3.56. The van der Waals surface area contributed by atoms with Gasteiger partial charge in [0.05, 0.1) is 12.3 Å². The van der Waals surface area contributed by atoms with Gasteiger partial charge in [-0.1, -0.05) is 0 Å². The Bertz CT molecular complexity index is 636. The lowest BCUT2D eigenvalue weighted by atomic mass is 10.1. The van der Waals surface area contributed by atoms with Crippen molar-refractivity contribution in [3.05, 3.63) is 47.9 Å². The topological polar surface area (TPSA) is 51.9 Å². The Labute approximate surface area is 123 Å². The maximum atomic E-state index is 12.6. The molecule has 5 heteroatoms. The van der Waals surface area contributed by atoms with Gasteiger partial charge in [-0.05, 0) is 37.3 Å². The van der Waals surface area contributed by atoms with Crippen molar-refractivity contribution < 1.29 is 18.7 Å². The summed E-state index contributed by atoms with van der Waals surface area (Å²) in [6.45, 7) is 2.97. The minimum atomic E-state index is -0.138. The second kappa shape index (κ2) is 5.52. The molecule has 1 unspecified atom stereocenters. The van der Waals surface area contributed by atoms with Crippen LogP contribution in [-0.2, 0) is 0 Å². The van der Waals surface area contributed by atoms with Crippen molar-refractivity contribution in [2.24, 2.45) is 0 Å². The molecular formula is C16H17NO4. The van der Waals surface area contributed by atoms with E-state index in [0.29, 0.717) is 30.3 Å². The molecule has 0 fully saturated rings. The molecule has 0 saturated carbocycles. The van der Waals surface area contributed by atoms with E-state index in [1.54, 1.807) is 36.4 Å². The zero-order valence-electron chi connectivity index (χ0n) is 12.0. The monoisotopic (exact) mass is 287 g/mol. The average molecular weight is 287 g/mol. The van der Waals surface area contributed by atoms with E-state index in [9.17, 15) is 4.79 Å². The molecule has 0 aliphatic carbocycles. The molecule has 1 aromatic carbocycles. The first kappa shape index (κ1) is 13.5. The van der Waals surface area contributed by atoms with E-state index >= 15 is 0 Å². The number of carbonyl (C=O) groups excluding carboxylic acids is 1. The fourth-order valence-corrected chi connectivity index (χ4v) is 2.28. The van der Waals surface area contributed by atoms with Crippen molar-refractivity contribution in [1.82, 2.24) is 4.90 Å². The molecule has 0 spiro atoms. The van der Waals surface area contributed by atoms with Crippen LogP contribution in [0.2, 0.25) is 0 Å². The predicted molar refractivity (Wildman–Crippen MR) is 76.6 cm³/mol. The summed E-state index contributed by atoms with van der Waals surface area (Å²) < 4.78 is 16.3. The Morgan fingerprint density at radius 3 is 2.67 bits per heavy atom. The van der Waals surface area contributed by atoms with Crippen molar-refractivity contribution in [3.63, 3.8) is 0 Å². The number of fused-ring (bicyclic) bond motifs is 1. The molecule has 2 heterocycles. The van der Waals surface area contributed by atoms with Crippen LogP contribution >= 0.6 is 0 Å². The van der Waals surface area contributed by atoms with Gasteiger partial charge in [0, 0.05) is 12.6 Å². The molecule has 0 radical (unpaired) electrons. The average Bonchev–Trinajstić information content (AvgIpc) is 3.06. The molecule has 1 aliphatic heterocycles. The van der Waals surface area contributed by atoms with Crippen LogP contribution in [0, 0.1) is 0 Å². The number of ether oxygens (including phenoxy) is 2. The number of nitrogens with zero attached hydrogens (tertiary/aromatic N) is 1. The molecule has 0 bridgehead atoms. The molecule has 1 aromatic heterocycles. The van der Waals surface area contributed by atoms with Gasteiger partial charge >= 0.3 is 0 Å². The fraction of sp³-hybridized carbons (Fsp3) is 0.312. The molecule has 1 aliphatic rings. The normalized spacial score (nSPS) is 14.6. The summed E-state index contributed by atoms with van der Waals surface area (Å²) in [5.41, 5.74) is 0.570. The van der Waals surface area contributed by atoms with Gasteiger partial charge in [-0.3, -0.25) is 4.79 Å². The molecule has 1 atom stereocenters. The SMILES string of the molecule is CC(c1ccco1)N(C)C(=O)c1ccc2c(c1)OCCO2. The number of furan rings is 1. The van der Waals surface area contributed by atoms with Gasteiger partial charge in [-0.2, -0.15) is 0 Å². The van der Waals surface area contributed by atoms with E-state index in [2.05, 4.69) is 0 Å². The quantitative estimate of drug-likeness (QED) is 0.871. The van der Waals surface area contributed by atoms with E-state index in [0.717, 1.165) is 5.76 Å². The number of rotatable bonds is 3. The van der Waals surface area contributed by atoms with Gasteiger partial charge in [0.15, 0.2) is 11.5 Å². The minimum absolute atomic E-state index is 0.0872. The Morgan fingerprint density at radius 1 is 1.19 bits per heavy atom. The highest BCUT2D eigenvalue weighted by Crippen LogP contribution is 2.31. The summed E-state index contributed by atoms with van der Waals surface area (Å²) in [6.07, 6.45) is 1.61. The second-order valence-corrected chi connectivity index (χ2v) is 4.97. The van der Waals surface area contributed by atoms with Crippen LogP contribution in [0.25, 0.3) is 0 Å². The standard InChI is InChI=1S/C16H17NO4/c1-11(13-4-3-7-19-13)17(2)16(18)12-5-6-14-15(10-12)21-9-8-20-14/h3-7,10-11H,8-9H2,1-2H3. The number of carbonyl (C=O) groups is 1. The Balaban J connectivity index is 1.81. The fourth-order valence-electron chi connectivity index (χ4n) is 2.28. The van der Waals surface area contributed by atoms with Gasteiger partial charge in [0.2, 0.25) is 0 Å². The summed E-state index contributed by atoms with van der Waals surface area (Å²) >= 11 is 0. The van der Waals surface area contributed by atoms with Crippen LogP contribution in [0.15, 0.2) is 41.0 Å². The Morgan fingerprint density at radius 2 is 1.95 bits per heavy atom. The molecule has 3 rings (SSSR count). The van der Waals surface area contributed by atoms with Gasteiger partial charge in [0.1, 0.15) is 19.0 Å². The molecule has 110 valence electrons. The first-order valence-electron chi connectivity index (χ1n) is 6.87. The third-order valence-corrected chi connectivity index (χ3v) is 3.65. The van der Waals surface area contributed by atoms with Crippen LogP contribution in [0.4, 0.5) is 0 Å². The molecule has 21 heavy (non-hydrogen) atoms. The number of amides is 1.